The largest absolute Gasteiger partial charge is 0.334 e. The summed E-state index contributed by atoms with van der Waals surface area (Å²) < 4.78 is 1.09. The van der Waals surface area contributed by atoms with Crippen LogP contribution >= 0.6 is 11.8 Å². The van der Waals surface area contributed by atoms with E-state index in [1.54, 1.807) is 0 Å². The van der Waals surface area contributed by atoms with E-state index in [1.807, 2.05) is 30.3 Å². The van der Waals surface area contributed by atoms with Gasteiger partial charge in [-0.1, -0.05) is 55.9 Å². The zero-order valence-electron chi connectivity index (χ0n) is 12.9. The summed E-state index contributed by atoms with van der Waals surface area (Å²) in [7, 11) is 0. The van der Waals surface area contributed by atoms with Gasteiger partial charge in [-0.25, -0.2) is 0 Å². The molecule has 118 valence electrons. The van der Waals surface area contributed by atoms with E-state index in [-0.39, 0.29) is 11.3 Å². The molecule has 6 nitrogen and oxygen atoms in total. The van der Waals surface area contributed by atoms with Gasteiger partial charge >= 0.3 is 0 Å². The Labute approximate surface area is 134 Å². The Morgan fingerprint density at radius 3 is 2.50 bits per heavy atom. The van der Waals surface area contributed by atoms with Gasteiger partial charge in [0.25, 0.3) is 5.56 Å². The molecule has 1 heterocycles. The van der Waals surface area contributed by atoms with Gasteiger partial charge in [0.2, 0.25) is 5.16 Å². The Hall–Kier alpha value is -1.86. The minimum Gasteiger partial charge on any atom is -0.334 e. The Morgan fingerprint density at radius 1 is 1.18 bits per heavy atom. The van der Waals surface area contributed by atoms with Crippen LogP contribution in [0.3, 0.4) is 0 Å². The van der Waals surface area contributed by atoms with E-state index in [0.717, 1.165) is 35.6 Å². The van der Waals surface area contributed by atoms with Gasteiger partial charge in [0.05, 0.1) is 0 Å². The van der Waals surface area contributed by atoms with Gasteiger partial charge in [0.15, 0.2) is 5.69 Å². The fourth-order valence-electron chi connectivity index (χ4n) is 2.07. The number of hydrogen-bond acceptors (Lipinski definition) is 6. The van der Waals surface area contributed by atoms with Gasteiger partial charge in [-0.2, -0.15) is 4.68 Å². The van der Waals surface area contributed by atoms with Crippen molar-refractivity contribution in [2.45, 2.75) is 19.0 Å². The van der Waals surface area contributed by atoms with Crippen LogP contribution in [-0.4, -0.2) is 45.2 Å². The average molecular weight is 319 g/mol. The van der Waals surface area contributed by atoms with Gasteiger partial charge in [-0.05, 0) is 13.1 Å². The van der Waals surface area contributed by atoms with Crippen LogP contribution in [0, 0.1) is 0 Å². The predicted octanol–water partition coefficient (Wildman–Crippen LogP) is 1.45. The number of aromatic nitrogens is 3. The third kappa shape index (κ3) is 3.86. The second-order valence-corrected chi connectivity index (χ2v) is 5.81. The summed E-state index contributed by atoms with van der Waals surface area (Å²) in [5.74, 6) is 6.69. The molecule has 0 unspecified atom stereocenters. The zero-order valence-corrected chi connectivity index (χ0v) is 13.7. The number of rotatable bonds is 7. The monoisotopic (exact) mass is 319 g/mol. The van der Waals surface area contributed by atoms with Crippen LogP contribution in [0.2, 0.25) is 0 Å². The van der Waals surface area contributed by atoms with Gasteiger partial charge < -0.3 is 10.7 Å². The molecule has 0 atom stereocenters. The molecule has 0 saturated carbocycles. The zero-order chi connectivity index (χ0) is 15.9. The van der Waals surface area contributed by atoms with Crippen LogP contribution in [-0.2, 0) is 0 Å². The first-order chi connectivity index (χ1) is 10.7. The van der Waals surface area contributed by atoms with Crippen LogP contribution in [0.15, 0.2) is 40.3 Å². The number of thioether (sulfide) groups is 1. The van der Waals surface area contributed by atoms with E-state index in [1.165, 1.54) is 11.8 Å². The van der Waals surface area contributed by atoms with Crippen LogP contribution < -0.4 is 11.4 Å². The van der Waals surface area contributed by atoms with Crippen LogP contribution in [0.1, 0.15) is 13.8 Å². The van der Waals surface area contributed by atoms with Crippen molar-refractivity contribution in [3.8, 4) is 11.3 Å². The summed E-state index contributed by atoms with van der Waals surface area (Å²) in [6.07, 6.45) is 0. The fraction of sp³-hybridized carbons (Fsp3) is 0.400. The Balaban J connectivity index is 2.12. The molecular formula is C15H21N5OS. The molecule has 2 rings (SSSR count). The number of hydrogen-bond donors (Lipinski definition) is 1. The molecule has 7 heteroatoms. The summed E-state index contributed by atoms with van der Waals surface area (Å²) in [5.41, 5.74) is 0.668. The van der Waals surface area contributed by atoms with Crippen LogP contribution in [0.4, 0.5) is 0 Å². The van der Waals surface area contributed by atoms with Crippen molar-refractivity contribution in [2.75, 3.05) is 31.2 Å². The number of nitrogens with zero attached hydrogens (tertiary/aromatic N) is 4. The van der Waals surface area contributed by atoms with E-state index in [2.05, 4.69) is 28.9 Å². The highest BCUT2D eigenvalue weighted by atomic mass is 32.2. The van der Waals surface area contributed by atoms with Crippen LogP contribution in [0.25, 0.3) is 11.3 Å². The maximum Gasteiger partial charge on any atom is 0.299 e. The standard InChI is InChI=1S/C15H21N5OS/c1-3-19(4-2)10-11-22-15-18-17-13(14(21)20(15)16)12-8-6-5-7-9-12/h5-9H,3-4,10-11,16H2,1-2H3. The molecule has 0 radical (unpaired) electrons. The van der Waals surface area contributed by atoms with Crippen molar-refractivity contribution in [3.05, 3.63) is 40.7 Å². The molecule has 0 fully saturated rings. The minimum absolute atomic E-state index is 0.274. The first-order valence-corrected chi connectivity index (χ1v) is 8.31. The summed E-state index contributed by atoms with van der Waals surface area (Å²) in [6.45, 7) is 7.19. The molecule has 0 aliphatic heterocycles. The lowest BCUT2D eigenvalue weighted by Gasteiger charge is -2.17. The molecule has 0 saturated heterocycles. The first kappa shape index (κ1) is 16.5. The normalized spacial score (nSPS) is 11.0. The summed E-state index contributed by atoms with van der Waals surface area (Å²) in [5, 5.41) is 8.59. The molecule has 1 aromatic heterocycles. The maximum absolute atomic E-state index is 12.3. The van der Waals surface area contributed by atoms with Crippen molar-refractivity contribution >= 4 is 11.8 Å². The van der Waals surface area contributed by atoms with Crippen molar-refractivity contribution < 1.29 is 0 Å². The van der Waals surface area contributed by atoms with Crippen molar-refractivity contribution in [1.29, 1.82) is 0 Å². The Bertz CT molecular complexity index is 655. The maximum atomic E-state index is 12.3. The van der Waals surface area contributed by atoms with Crippen molar-refractivity contribution in [2.24, 2.45) is 0 Å². The molecule has 0 amide bonds. The lowest BCUT2D eigenvalue weighted by Crippen LogP contribution is -2.32. The van der Waals surface area contributed by atoms with E-state index >= 15 is 0 Å². The summed E-state index contributed by atoms with van der Waals surface area (Å²) in [4.78, 5) is 14.6. The van der Waals surface area contributed by atoms with Gasteiger partial charge in [0, 0.05) is 17.9 Å². The van der Waals surface area contributed by atoms with E-state index in [4.69, 9.17) is 5.84 Å². The van der Waals surface area contributed by atoms with Crippen LogP contribution in [0.5, 0.6) is 0 Å². The molecule has 2 aromatic rings. The van der Waals surface area contributed by atoms with Crippen molar-refractivity contribution in [1.82, 2.24) is 19.8 Å². The molecule has 1 aromatic carbocycles. The van der Waals surface area contributed by atoms with E-state index < -0.39 is 0 Å². The smallest absolute Gasteiger partial charge is 0.299 e. The van der Waals surface area contributed by atoms with Gasteiger partial charge in [0.1, 0.15) is 0 Å². The van der Waals surface area contributed by atoms with Crippen molar-refractivity contribution in [3.63, 3.8) is 0 Å². The fourth-order valence-corrected chi connectivity index (χ4v) is 2.92. The number of nitrogens with two attached hydrogens (primary N) is 1. The topological polar surface area (TPSA) is 77.0 Å². The second kappa shape index (κ2) is 7.95. The van der Waals surface area contributed by atoms with Gasteiger partial charge in [-0.3, -0.25) is 4.79 Å². The van der Waals surface area contributed by atoms with E-state index in [0.29, 0.717) is 5.16 Å². The molecule has 0 aliphatic carbocycles. The highest BCUT2D eigenvalue weighted by Gasteiger charge is 2.12. The molecule has 0 aliphatic rings. The summed E-state index contributed by atoms with van der Waals surface area (Å²) >= 11 is 1.45. The number of benzene rings is 1. The molecule has 0 spiro atoms. The number of nitrogen functional groups attached to an aromatic ring is 1. The highest BCUT2D eigenvalue weighted by molar-refractivity contribution is 7.99. The average Bonchev–Trinajstić information content (AvgIpc) is 2.56. The Morgan fingerprint density at radius 2 is 1.86 bits per heavy atom. The predicted molar refractivity (Wildman–Crippen MR) is 90.4 cm³/mol. The van der Waals surface area contributed by atoms with Gasteiger partial charge in [-0.15, -0.1) is 10.2 Å². The highest BCUT2D eigenvalue weighted by Crippen LogP contribution is 2.15. The molecular weight excluding hydrogens is 298 g/mol. The SMILES string of the molecule is CCN(CC)CCSc1nnc(-c2ccccc2)c(=O)n1N. The molecule has 22 heavy (non-hydrogen) atoms. The third-order valence-corrected chi connectivity index (χ3v) is 4.37. The van der Waals surface area contributed by atoms with E-state index in [9.17, 15) is 4.79 Å². The second-order valence-electron chi connectivity index (χ2n) is 4.75. The quantitative estimate of drug-likeness (QED) is 0.615. The Kier molecular flexibility index (Phi) is 5.97. The molecule has 0 bridgehead atoms. The summed E-state index contributed by atoms with van der Waals surface area (Å²) in [6, 6.07) is 9.22. The first-order valence-electron chi connectivity index (χ1n) is 7.32. The lowest BCUT2D eigenvalue weighted by molar-refractivity contribution is 0.323. The lowest BCUT2D eigenvalue weighted by atomic mass is 10.2. The third-order valence-electron chi connectivity index (χ3n) is 3.44. The molecule has 2 N–H and O–H groups in total. The minimum atomic E-state index is -0.327.